The van der Waals surface area contributed by atoms with Crippen molar-refractivity contribution in [3.8, 4) is 0 Å². The standard InChI is InChI=1S/C20H36O6P2/c1-7-15-13-18(20(11-5,12-6)28(24,25)26)16(8-2)14-17(15)19(9-3,10-4)27(21,22)23/h13-14H,7-12H2,1-6H3,(H2,21,22,23)(H2,24,25,26). The Hall–Kier alpha value is -0.480. The fraction of sp³-hybridized carbons (Fsp3) is 0.700. The van der Waals surface area contributed by atoms with Gasteiger partial charge in [0.25, 0.3) is 0 Å². The molecule has 0 aliphatic rings. The fourth-order valence-corrected chi connectivity index (χ4v) is 7.23. The van der Waals surface area contributed by atoms with Crippen LogP contribution in [0.4, 0.5) is 0 Å². The molecule has 4 N–H and O–H groups in total. The van der Waals surface area contributed by atoms with Crippen molar-refractivity contribution in [2.24, 2.45) is 0 Å². The summed E-state index contributed by atoms with van der Waals surface area (Å²) in [5.41, 5.74) is 2.72. The first-order chi connectivity index (χ1) is 12.9. The van der Waals surface area contributed by atoms with Gasteiger partial charge in [-0.1, -0.05) is 53.7 Å². The van der Waals surface area contributed by atoms with E-state index in [9.17, 15) is 28.7 Å². The molecule has 0 spiro atoms. The van der Waals surface area contributed by atoms with Crippen molar-refractivity contribution in [1.82, 2.24) is 0 Å². The number of benzene rings is 1. The van der Waals surface area contributed by atoms with Crippen LogP contribution in [0.25, 0.3) is 0 Å². The number of hydrogen-bond acceptors (Lipinski definition) is 2. The summed E-state index contributed by atoms with van der Waals surface area (Å²) in [7, 11) is -8.91. The van der Waals surface area contributed by atoms with Gasteiger partial charge < -0.3 is 19.6 Å². The van der Waals surface area contributed by atoms with Crippen molar-refractivity contribution in [2.75, 3.05) is 0 Å². The van der Waals surface area contributed by atoms with Crippen LogP contribution >= 0.6 is 15.2 Å². The Labute approximate surface area is 169 Å². The van der Waals surface area contributed by atoms with Crippen LogP contribution < -0.4 is 0 Å². The Balaban J connectivity index is 4.03. The zero-order valence-corrected chi connectivity index (χ0v) is 19.7. The predicted octanol–water partition coefficient (Wildman–Crippen LogP) is 5.20. The van der Waals surface area contributed by atoms with Crippen LogP contribution in [0.15, 0.2) is 12.1 Å². The lowest BCUT2D eigenvalue weighted by atomic mass is 9.80. The Kier molecular flexibility index (Phi) is 8.32. The zero-order chi connectivity index (χ0) is 22.0. The highest BCUT2D eigenvalue weighted by Crippen LogP contribution is 2.64. The second kappa shape index (κ2) is 9.12. The van der Waals surface area contributed by atoms with E-state index in [1.54, 1.807) is 39.8 Å². The van der Waals surface area contributed by atoms with E-state index >= 15 is 0 Å². The third kappa shape index (κ3) is 4.05. The Morgan fingerprint density at radius 2 is 0.893 bits per heavy atom. The smallest absolute Gasteiger partial charge is 0.324 e. The first-order valence-electron chi connectivity index (χ1n) is 10.1. The molecule has 28 heavy (non-hydrogen) atoms. The molecule has 6 nitrogen and oxygen atoms in total. The maximum atomic E-state index is 12.5. The molecule has 0 fully saturated rings. The molecule has 8 heteroatoms. The fourth-order valence-electron chi connectivity index (χ4n) is 4.54. The molecule has 0 radical (unpaired) electrons. The lowest BCUT2D eigenvalue weighted by molar-refractivity contribution is 0.310. The molecule has 1 rings (SSSR count). The van der Waals surface area contributed by atoms with Crippen LogP contribution in [0.5, 0.6) is 0 Å². The highest BCUT2D eigenvalue weighted by Gasteiger charge is 2.49. The quantitative estimate of drug-likeness (QED) is 0.377. The Bertz CT molecular complexity index is 703. The topological polar surface area (TPSA) is 115 Å². The van der Waals surface area contributed by atoms with Gasteiger partial charge in [-0.05, 0) is 60.8 Å². The summed E-state index contributed by atoms with van der Waals surface area (Å²) in [6.07, 6.45) is 2.20. The van der Waals surface area contributed by atoms with E-state index < -0.39 is 25.5 Å². The average molecular weight is 434 g/mol. The Morgan fingerprint density at radius 1 is 0.643 bits per heavy atom. The summed E-state index contributed by atoms with van der Waals surface area (Å²) in [5, 5.41) is -2.58. The van der Waals surface area contributed by atoms with E-state index in [0.717, 1.165) is 11.1 Å². The molecular formula is C20H36O6P2. The first-order valence-corrected chi connectivity index (χ1v) is 13.4. The molecule has 0 atom stereocenters. The highest BCUT2D eigenvalue weighted by atomic mass is 31.2. The summed E-state index contributed by atoms with van der Waals surface area (Å²) in [4.78, 5) is 40.8. The SMILES string of the molecule is CCc1cc(C(CC)(CC)P(=O)(O)O)c(CC)cc1C(CC)(CC)P(=O)(O)O. The van der Waals surface area contributed by atoms with Crippen LogP contribution in [0.2, 0.25) is 0 Å². The molecule has 0 saturated heterocycles. The predicted molar refractivity (Wildman–Crippen MR) is 114 cm³/mol. The molecule has 0 saturated carbocycles. The van der Waals surface area contributed by atoms with Crippen LogP contribution in [0.3, 0.4) is 0 Å². The maximum Gasteiger partial charge on any atom is 0.335 e. The van der Waals surface area contributed by atoms with Gasteiger partial charge >= 0.3 is 15.2 Å². The minimum atomic E-state index is -4.45. The van der Waals surface area contributed by atoms with Gasteiger partial charge in [0.05, 0.1) is 10.3 Å². The van der Waals surface area contributed by atoms with E-state index in [0.29, 0.717) is 24.0 Å². The van der Waals surface area contributed by atoms with Crippen molar-refractivity contribution in [3.05, 3.63) is 34.4 Å². The Morgan fingerprint density at radius 3 is 1.04 bits per heavy atom. The van der Waals surface area contributed by atoms with Gasteiger partial charge in [-0.3, -0.25) is 9.13 Å². The minimum absolute atomic E-state index is 0.286. The van der Waals surface area contributed by atoms with Gasteiger partial charge in [0.15, 0.2) is 0 Å². The molecule has 0 aromatic heterocycles. The van der Waals surface area contributed by atoms with E-state index in [1.165, 1.54) is 0 Å². The summed E-state index contributed by atoms with van der Waals surface area (Å²) < 4.78 is 25.0. The van der Waals surface area contributed by atoms with Crippen molar-refractivity contribution >= 4 is 15.2 Å². The first kappa shape index (κ1) is 25.6. The highest BCUT2D eigenvalue weighted by molar-refractivity contribution is 7.53. The van der Waals surface area contributed by atoms with Crippen molar-refractivity contribution < 1.29 is 28.7 Å². The van der Waals surface area contributed by atoms with Gasteiger partial charge in [0.2, 0.25) is 0 Å². The number of rotatable bonds is 10. The van der Waals surface area contributed by atoms with Crippen molar-refractivity contribution in [2.45, 2.75) is 90.4 Å². The largest absolute Gasteiger partial charge is 0.335 e. The number of aryl methyl sites for hydroxylation is 2. The van der Waals surface area contributed by atoms with E-state index in [-0.39, 0.29) is 25.7 Å². The summed E-state index contributed by atoms with van der Waals surface area (Å²) in [6, 6.07) is 3.60. The molecule has 0 aliphatic carbocycles. The molecule has 0 amide bonds. The monoisotopic (exact) mass is 434 g/mol. The normalized spacial score (nSPS) is 13.8. The molecule has 0 aliphatic heterocycles. The van der Waals surface area contributed by atoms with Crippen LogP contribution in [-0.4, -0.2) is 19.6 Å². The van der Waals surface area contributed by atoms with Crippen molar-refractivity contribution in [3.63, 3.8) is 0 Å². The summed E-state index contributed by atoms with van der Waals surface area (Å²) in [6.45, 7) is 10.9. The lowest BCUT2D eigenvalue weighted by Gasteiger charge is -2.38. The summed E-state index contributed by atoms with van der Waals surface area (Å²) >= 11 is 0. The van der Waals surface area contributed by atoms with E-state index in [1.807, 2.05) is 13.8 Å². The molecule has 0 heterocycles. The van der Waals surface area contributed by atoms with Gasteiger partial charge in [-0.2, -0.15) is 0 Å². The molecule has 0 bridgehead atoms. The van der Waals surface area contributed by atoms with Crippen LogP contribution in [-0.2, 0) is 32.3 Å². The van der Waals surface area contributed by atoms with Gasteiger partial charge in [0, 0.05) is 0 Å². The lowest BCUT2D eigenvalue weighted by Crippen LogP contribution is -2.30. The minimum Gasteiger partial charge on any atom is -0.324 e. The van der Waals surface area contributed by atoms with Crippen LogP contribution in [0, 0.1) is 0 Å². The maximum absolute atomic E-state index is 12.5. The molecule has 162 valence electrons. The van der Waals surface area contributed by atoms with E-state index in [2.05, 4.69) is 0 Å². The molecular weight excluding hydrogens is 398 g/mol. The molecule has 1 aromatic carbocycles. The second-order valence-electron chi connectivity index (χ2n) is 7.44. The van der Waals surface area contributed by atoms with Gasteiger partial charge in [-0.15, -0.1) is 0 Å². The zero-order valence-electron chi connectivity index (χ0n) is 17.9. The summed E-state index contributed by atoms with van der Waals surface area (Å²) in [5.74, 6) is 0. The number of hydrogen-bond donors (Lipinski definition) is 4. The molecule has 0 unspecified atom stereocenters. The van der Waals surface area contributed by atoms with E-state index in [4.69, 9.17) is 0 Å². The van der Waals surface area contributed by atoms with Gasteiger partial charge in [0.1, 0.15) is 0 Å². The molecule has 1 aromatic rings. The third-order valence-electron chi connectivity index (χ3n) is 6.55. The second-order valence-corrected chi connectivity index (χ2v) is 11.3. The third-order valence-corrected chi connectivity index (χ3v) is 10.5. The van der Waals surface area contributed by atoms with Crippen molar-refractivity contribution in [1.29, 1.82) is 0 Å². The van der Waals surface area contributed by atoms with Gasteiger partial charge in [-0.25, -0.2) is 0 Å². The average Bonchev–Trinajstić information content (AvgIpc) is 2.62. The van der Waals surface area contributed by atoms with Crippen LogP contribution in [0.1, 0.15) is 89.5 Å².